The van der Waals surface area contributed by atoms with Crippen LogP contribution in [0.15, 0.2) is 29.3 Å². The topological polar surface area (TPSA) is 90.4 Å². The molecule has 0 fully saturated rings. The largest absolute Gasteiger partial charge is 0.465 e. The third-order valence-electron chi connectivity index (χ3n) is 3.96. The van der Waals surface area contributed by atoms with Crippen molar-refractivity contribution in [2.45, 2.75) is 25.5 Å². The second-order valence-electron chi connectivity index (χ2n) is 6.02. The van der Waals surface area contributed by atoms with Gasteiger partial charge in [-0.25, -0.2) is 14.8 Å². The van der Waals surface area contributed by atoms with E-state index in [1.807, 2.05) is 0 Å². The van der Waals surface area contributed by atoms with Crippen molar-refractivity contribution >= 4 is 50.9 Å². The number of methoxy groups -OCH3 is 1. The lowest BCUT2D eigenvalue weighted by atomic mass is 10.2. The average molecular weight is 453 g/mol. The van der Waals surface area contributed by atoms with E-state index in [0.29, 0.717) is 31.5 Å². The molecule has 0 saturated carbocycles. The molecule has 11 heteroatoms. The monoisotopic (exact) mass is 453 g/mol. The Bertz CT molecular complexity index is 1100. The number of anilines is 1. The fourth-order valence-corrected chi connectivity index (χ4v) is 4.82. The molecule has 3 aromatic rings. The van der Waals surface area contributed by atoms with E-state index in [-0.39, 0.29) is 17.2 Å². The van der Waals surface area contributed by atoms with Gasteiger partial charge in [0.1, 0.15) is 26.3 Å². The minimum absolute atomic E-state index is 0.0303. The Morgan fingerprint density at radius 1 is 1.23 bits per heavy atom. The molecule has 1 N–H and O–H groups in total. The number of thioether (sulfide) groups is 1. The summed E-state index contributed by atoms with van der Waals surface area (Å²) in [5.41, 5.74) is 0.826. The fourth-order valence-electron chi connectivity index (χ4n) is 2.68. The lowest BCUT2D eigenvalue weighted by Gasteiger charge is -2.11. The molecular weight excluding hydrogens is 436 g/mol. The molecule has 1 amide bonds. The predicted molar refractivity (Wildman–Crippen MR) is 111 cm³/mol. The molecule has 0 spiro atoms. The van der Waals surface area contributed by atoms with Gasteiger partial charge < -0.3 is 14.8 Å². The number of nitrogens with zero attached hydrogens (tertiary/aromatic N) is 2. The number of fused-ring (bicyclic) bond motifs is 1. The maximum atomic E-state index is 12.5. The molecule has 0 atom stereocenters. The summed E-state index contributed by atoms with van der Waals surface area (Å²) in [6.45, 7) is 0.487. The van der Waals surface area contributed by atoms with Crippen molar-refractivity contribution in [1.82, 2.24) is 9.97 Å². The van der Waals surface area contributed by atoms with Gasteiger partial charge in [0.05, 0.1) is 18.6 Å². The van der Waals surface area contributed by atoms with Crippen molar-refractivity contribution in [3.63, 3.8) is 0 Å². The van der Waals surface area contributed by atoms with Crippen LogP contribution in [-0.2, 0) is 9.53 Å². The molecule has 0 aliphatic heterocycles. The highest BCUT2D eigenvalue weighted by molar-refractivity contribution is 8.00. The number of hydrogen-bond donors (Lipinski definition) is 1. The number of halogens is 2. The summed E-state index contributed by atoms with van der Waals surface area (Å²) in [7, 11) is 1.30. The van der Waals surface area contributed by atoms with E-state index in [1.165, 1.54) is 36.6 Å². The average Bonchev–Trinajstić information content (AvgIpc) is 3.03. The molecule has 0 unspecified atom stereocenters. The Morgan fingerprint density at radius 2 is 1.97 bits per heavy atom. The van der Waals surface area contributed by atoms with E-state index in [2.05, 4.69) is 20.0 Å². The Hall–Kier alpha value is -2.79. The SMILES string of the molecule is COC(=O)c1sc2nc(C)nc(SCC(=O)Nc3ccccc3OC(F)F)c2c1C. The van der Waals surface area contributed by atoms with Crippen LogP contribution in [0.25, 0.3) is 10.2 Å². The van der Waals surface area contributed by atoms with Crippen LogP contribution in [0.5, 0.6) is 5.75 Å². The zero-order chi connectivity index (χ0) is 21.8. The number of carbonyl (C=O) groups excluding carboxylic acids is 2. The Morgan fingerprint density at radius 3 is 2.67 bits per heavy atom. The van der Waals surface area contributed by atoms with Crippen LogP contribution in [0.2, 0.25) is 0 Å². The van der Waals surface area contributed by atoms with E-state index in [1.54, 1.807) is 19.9 Å². The number of esters is 1. The van der Waals surface area contributed by atoms with E-state index >= 15 is 0 Å². The summed E-state index contributed by atoms with van der Waals surface area (Å²) in [6, 6.07) is 5.94. The Balaban J connectivity index is 1.80. The number of thiophene rings is 1. The zero-order valence-corrected chi connectivity index (χ0v) is 17.8. The number of aryl methyl sites for hydroxylation is 2. The smallest absolute Gasteiger partial charge is 0.387 e. The number of nitrogens with one attached hydrogen (secondary N) is 1. The standard InChI is InChI=1S/C19H17F2N3O4S2/c1-9-14-16(22-10(2)23-17(14)30-15(9)18(26)27-3)29-8-13(25)24-11-6-4-5-7-12(11)28-19(20)21/h4-7,19H,8H2,1-3H3,(H,24,25). The number of hydrogen-bond acceptors (Lipinski definition) is 8. The molecule has 0 bridgehead atoms. The van der Waals surface area contributed by atoms with Gasteiger partial charge in [0.2, 0.25) is 5.91 Å². The van der Waals surface area contributed by atoms with Crippen molar-refractivity contribution in [3.05, 3.63) is 40.5 Å². The number of carbonyl (C=O) groups is 2. The molecule has 0 saturated heterocycles. The molecule has 0 radical (unpaired) electrons. The molecule has 1 aromatic carbocycles. The van der Waals surface area contributed by atoms with Crippen LogP contribution in [0.4, 0.5) is 14.5 Å². The molecule has 30 heavy (non-hydrogen) atoms. The van der Waals surface area contributed by atoms with Gasteiger partial charge in [-0.1, -0.05) is 23.9 Å². The van der Waals surface area contributed by atoms with Gasteiger partial charge in [0, 0.05) is 5.39 Å². The number of para-hydroxylation sites is 2. The molecule has 2 aromatic heterocycles. The quantitative estimate of drug-likeness (QED) is 0.322. The highest BCUT2D eigenvalue weighted by atomic mass is 32.2. The third-order valence-corrected chi connectivity index (χ3v) is 6.10. The molecule has 158 valence electrons. The second-order valence-corrected chi connectivity index (χ2v) is 7.98. The van der Waals surface area contributed by atoms with Gasteiger partial charge in [-0.3, -0.25) is 4.79 Å². The minimum atomic E-state index is -3.00. The van der Waals surface area contributed by atoms with Crippen LogP contribution < -0.4 is 10.1 Å². The predicted octanol–water partition coefficient (Wildman–Crippen LogP) is 4.43. The van der Waals surface area contributed by atoms with Crippen molar-refractivity contribution in [3.8, 4) is 5.75 Å². The number of rotatable bonds is 7. The number of ether oxygens (including phenoxy) is 2. The fraction of sp³-hybridized carbons (Fsp3) is 0.263. The first-order valence-electron chi connectivity index (χ1n) is 8.62. The highest BCUT2D eigenvalue weighted by Crippen LogP contribution is 2.36. The lowest BCUT2D eigenvalue weighted by Crippen LogP contribution is -2.15. The van der Waals surface area contributed by atoms with E-state index in [9.17, 15) is 18.4 Å². The first-order valence-corrected chi connectivity index (χ1v) is 10.4. The van der Waals surface area contributed by atoms with Gasteiger partial charge in [0.15, 0.2) is 0 Å². The number of benzene rings is 1. The molecule has 3 rings (SSSR count). The Kier molecular flexibility index (Phi) is 6.83. The maximum Gasteiger partial charge on any atom is 0.387 e. The summed E-state index contributed by atoms with van der Waals surface area (Å²) in [5.74, 6) is -0.535. The molecule has 2 heterocycles. The molecule has 0 aliphatic rings. The van der Waals surface area contributed by atoms with Crippen LogP contribution >= 0.6 is 23.1 Å². The summed E-state index contributed by atoms with van der Waals surface area (Å²) < 4.78 is 34.3. The van der Waals surface area contributed by atoms with Crippen molar-refractivity contribution in [2.75, 3.05) is 18.2 Å². The van der Waals surface area contributed by atoms with Crippen LogP contribution in [0, 0.1) is 13.8 Å². The van der Waals surface area contributed by atoms with E-state index < -0.39 is 18.5 Å². The highest BCUT2D eigenvalue weighted by Gasteiger charge is 2.21. The summed E-state index contributed by atoms with van der Waals surface area (Å²) in [4.78, 5) is 34.2. The minimum Gasteiger partial charge on any atom is -0.465 e. The Labute approximate surface area is 178 Å². The summed E-state index contributed by atoms with van der Waals surface area (Å²) in [5, 5.41) is 3.80. The number of amides is 1. The normalized spacial score (nSPS) is 11.0. The lowest BCUT2D eigenvalue weighted by molar-refractivity contribution is -0.113. The van der Waals surface area contributed by atoms with Gasteiger partial charge in [0.25, 0.3) is 0 Å². The zero-order valence-electron chi connectivity index (χ0n) is 16.2. The van der Waals surface area contributed by atoms with Crippen LogP contribution in [-0.4, -0.2) is 41.3 Å². The van der Waals surface area contributed by atoms with Gasteiger partial charge in [-0.2, -0.15) is 8.78 Å². The first-order chi connectivity index (χ1) is 14.3. The van der Waals surface area contributed by atoms with Crippen molar-refractivity contribution in [2.24, 2.45) is 0 Å². The first kappa shape index (κ1) is 21.9. The van der Waals surface area contributed by atoms with E-state index in [0.717, 1.165) is 11.8 Å². The van der Waals surface area contributed by atoms with Crippen molar-refractivity contribution < 1.29 is 27.8 Å². The third kappa shape index (κ3) is 4.85. The second kappa shape index (κ2) is 9.35. The van der Waals surface area contributed by atoms with E-state index in [4.69, 9.17) is 4.74 Å². The number of alkyl halides is 2. The van der Waals surface area contributed by atoms with Crippen LogP contribution in [0.3, 0.4) is 0 Å². The van der Waals surface area contributed by atoms with Gasteiger partial charge in [-0.15, -0.1) is 11.3 Å². The summed E-state index contributed by atoms with van der Waals surface area (Å²) >= 11 is 2.36. The van der Waals surface area contributed by atoms with Gasteiger partial charge in [-0.05, 0) is 31.5 Å². The summed E-state index contributed by atoms with van der Waals surface area (Å²) in [6.07, 6.45) is 0. The van der Waals surface area contributed by atoms with Crippen molar-refractivity contribution in [1.29, 1.82) is 0 Å². The molecule has 7 nitrogen and oxygen atoms in total. The van der Waals surface area contributed by atoms with Gasteiger partial charge >= 0.3 is 12.6 Å². The van der Waals surface area contributed by atoms with Crippen LogP contribution in [0.1, 0.15) is 21.1 Å². The molecular formula is C19H17F2N3O4S2. The molecule has 0 aliphatic carbocycles. The number of aromatic nitrogens is 2. The maximum absolute atomic E-state index is 12.5.